The Labute approximate surface area is 246 Å². The van der Waals surface area contributed by atoms with E-state index in [1.165, 1.54) is 86.9 Å². The molecule has 1 fully saturated rings. The molecule has 2 aliphatic rings. The average molecular weight is 546 g/mol. The van der Waals surface area contributed by atoms with Crippen LogP contribution in [0.25, 0.3) is 5.57 Å². The summed E-state index contributed by atoms with van der Waals surface area (Å²) < 4.78 is 13.5. The molecule has 2 atom stereocenters. The molecule has 1 heterocycles. The van der Waals surface area contributed by atoms with Crippen LogP contribution in [-0.4, -0.2) is 18.0 Å². The lowest BCUT2D eigenvalue weighted by Gasteiger charge is -2.50. The van der Waals surface area contributed by atoms with E-state index in [4.69, 9.17) is 0 Å². The number of allylic oxidation sites excluding steroid dienone is 8. The number of hydrogen-bond acceptors (Lipinski definition) is 1. The fraction of sp³-hybridized carbons (Fsp3) is 0.579. The maximum atomic E-state index is 13.5. The van der Waals surface area contributed by atoms with Gasteiger partial charge in [0.05, 0.1) is 5.83 Å². The molecule has 2 heteroatoms. The minimum Gasteiger partial charge on any atom is -0.298 e. The zero-order chi connectivity index (χ0) is 29.7. The van der Waals surface area contributed by atoms with Crippen LogP contribution in [0.15, 0.2) is 66.6 Å². The van der Waals surface area contributed by atoms with Gasteiger partial charge in [-0.2, -0.15) is 0 Å². The van der Waals surface area contributed by atoms with Crippen LogP contribution in [0.2, 0.25) is 0 Å². The van der Waals surface area contributed by atoms with Crippen LogP contribution in [0.5, 0.6) is 0 Å². The molecule has 1 saturated heterocycles. The molecule has 0 spiro atoms. The normalized spacial score (nSPS) is 22.6. The summed E-state index contributed by atoms with van der Waals surface area (Å²) in [7, 11) is 0. The maximum Gasteiger partial charge on any atom is 0.0968 e. The SMILES string of the molecule is C=C/C(=C\C=C(/C)F)c1c(C)cc(CN2CC(CC)(CC3=C(C)C3(C)CCC(C)(C=C)CCC)C2)cc1CCC. The van der Waals surface area contributed by atoms with Crippen molar-refractivity contribution in [1.82, 2.24) is 4.90 Å². The Morgan fingerprint density at radius 3 is 2.33 bits per heavy atom. The first kappa shape index (κ1) is 32.3. The van der Waals surface area contributed by atoms with Crippen molar-refractivity contribution in [2.75, 3.05) is 13.1 Å². The van der Waals surface area contributed by atoms with Crippen LogP contribution in [-0.2, 0) is 13.0 Å². The Morgan fingerprint density at radius 2 is 1.77 bits per heavy atom. The predicted octanol–water partition coefficient (Wildman–Crippen LogP) is 11.1. The Bertz CT molecular complexity index is 1170. The van der Waals surface area contributed by atoms with Crippen molar-refractivity contribution in [2.45, 2.75) is 113 Å². The summed E-state index contributed by atoms with van der Waals surface area (Å²) >= 11 is 0. The van der Waals surface area contributed by atoms with E-state index in [0.717, 1.165) is 25.0 Å². The molecule has 1 aromatic carbocycles. The van der Waals surface area contributed by atoms with Crippen LogP contribution in [0.4, 0.5) is 4.39 Å². The average Bonchev–Trinajstić information content (AvgIpc) is 3.40. The molecule has 1 nitrogen and oxygen atoms in total. The molecule has 0 amide bonds. The van der Waals surface area contributed by atoms with Crippen LogP contribution >= 0.6 is 0 Å². The lowest BCUT2D eigenvalue weighted by Crippen LogP contribution is -2.55. The van der Waals surface area contributed by atoms with Crippen LogP contribution in [0.3, 0.4) is 0 Å². The largest absolute Gasteiger partial charge is 0.298 e. The van der Waals surface area contributed by atoms with Gasteiger partial charge in [0.15, 0.2) is 0 Å². The van der Waals surface area contributed by atoms with Gasteiger partial charge in [-0.15, -0.1) is 6.58 Å². The number of likely N-dealkylation sites (tertiary alicyclic amines) is 1. The van der Waals surface area contributed by atoms with E-state index in [9.17, 15) is 4.39 Å². The highest BCUT2D eigenvalue weighted by Gasteiger charge is 2.51. The van der Waals surface area contributed by atoms with Crippen LogP contribution in [0, 0.1) is 23.2 Å². The molecule has 0 bridgehead atoms. The Balaban J connectivity index is 1.68. The Kier molecular flexibility index (Phi) is 10.7. The Hall–Kier alpha value is -2.19. The quantitative estimate of drug-likeness (QED) is 0.147. The lowest BCUT2D eigenvalue weighted by atomic mass is 9.71. The molecule has 0 aromatic heterocycles. The van der Waals surface area contributed by atoms with Gasteiger partial charge in [0.1, 0.15) is 0 Å². The number of rotatable bonds is 16. The minimum atomic E-state index is -0.188. The summed E-state index contributed by atoms with van der Waals surface area (Å²) in [6, 6.07) is 4.72. The van der Waals surface area contributed by atoms with Gasteiger partial charge in [-0.25, -0.2) is 4.39 Å². The molecule has 0 N–H and O–H groups in total. The smallest absolute Gasteiger partial charge is 0.0968 e. The van der Waals surface area contributed by atoms with Gasteiger partial charge >= 0.3 is 0 Å². The second kappa shape index (κ2) is 13.2. The second-order valence-electron chi connectivity index (χ2n) is 13.5. The summed E-state index contributed by atoms with van der Waals surface area (Å²) in [5, 5.41) is 0. The van der Waals surface area contributed by atoms with Gasteiger partial charge in [-0.05, 0) is 104 Å². The fourth-order valence-corrected chi connectivity index (χ4v) is 7.25. The molecule has 1 aromatic rings. The second-order valence-corrected chi connectivity index (χ2v) is 13.5. The number of aryl methyl sites for hydroxylation is 2. The van der Waals surface area contributed by atoms with Crippen molar-refractivity contribution >= 4 is 5.57 Å². The standard InChI is InChI=1S/C38H56FN/c1-11-16-33-23-31(22-28(6)35(33)32(13-3)18-17-29(7)39)25-40-26-38(15-5,27-40)24-34-30(8)37(34,10)21-20-36(9,14-4)19-12-2/h13-14,17-18,22-23H,3-4,11-12,15-16,19-21,24-27H2,1-2,5-10H3/b29-17+,32-18+. The first-order chi connectivity index (χ1) is 18.9. The lowest BCUT2D eigenvalue weighted by molar-refractivity contribution is -0.00937. The molecule has 1 aliphatic carbocycles. The van der Waals surface area contributed by atoms with Crippen molar-refractivity contribution in [2.24, 2.45) is 16.2 Å². The molecule has 0 radical (unpaired) electrons. The van der Waals surface area contributed by atoms with Gasteiger partial charge in [-0.3, -0.25) is 4.90 Å². The van der Waals surface area contributed by atoms with Crippen molar-refractivity contribution in [3.63, 3.8) is 0 Å². The predicted molar refractivity (Wildman–Crippen MR) is 174 cm³/mol. The molecule has 40 heavy (non-hydrogen) atoms. The van der Waals surface area contributed by atoms with E-state index in [0.29, 0.717) is 10.8 Å². The third-order valence-corrected chi connectivity index (χ3v) is 10.2. The van der Waals surface area contributed by atoms with Crippen molar-refractivity contribution in [3.05, 3.63) is 88.8 Å². The molecular formula is C38H56FN. The van der Waals surface area contributed by atoms with Gasteiger partial charge in [-0.1, -0.05) is 95.5 Å². The minimum absolute atomic E-state index is 0.188. The monoisotopic (exact) mass is 545 g/mol. The number of hydrogen-bond donors (Lipinski definition) is 0. The van der Waals surface area contributed by atoms with Crippen LogP contribution in [0.1, 0.15) is 116 Å². The topological polar surface area (TPSA) is 3.24 Å². The summed E-state index contributed by atoms with van der Waals surface area (Å²) in [5.74, 6) is -0.188. The zero-order valence-corrected chi connectivity index (χ0v) is 27.0. The van der Waals surface area contributed by atoms with Crippen molar-refractivity contribution < 1.29 is 4.39 Å². The van der Waals surface area contributed by atoms with E-state index >= 15 is 0 Å². The van der Waals surface area contributed by atoms with Gasteiger partial charge in [0.2, 0.25) is 0 Å². The summed E-state index contributed by atoms with van der Waals surface area (Å²) in [6.45, 7) is 29.4. The molecule has 2 unspecified atom stereocenters. The number of benzene rings is 1. The molecule has 3 rings (SSSR count). The highest BCUT2D eigenvalue weighted by molar-refractivity contribution is 5.79. The summed E-state index contributed by atoms with van der Waals surface area (Å²) in [5.41, 5.74) is 10.6. The van der Waals surface area contributed by atoms with E-state index in [1.54, 1.807) is 11.1 Å². The third kappa shape index (κ3) is 7.17. The van der Waals surface area contributed by atoms with Gasteiger partial charge < -0.3 is 0 Å². The van der Waals surface area contributed by atoms with Crippen LogP contribution < -0.4 is 0 Å². The van der Waals surface area contributed by atoms with Gasteiger partial charge in [0.25, 0.3) is 0 Å². The molecule has 220 valence electrons. The van der Waals surface area contributed by atoms with Gasteiger partial charge in [0, 0.05) is 25.0 Å². The fourth-order valence-electron chi connectivity index (χ4n) is 7.25. The van der Waals surface area contributed by atoms with E-state index in [2.05, 4.69) is 84.7 Å². The number of nitrogens with zero attached hydrogens (tertiary/aromatic N) is 1. The first-order valence-corrected chi connectivity index (χ1v) is 15.8. The molecule has 1 aliphatic heterocycles. The third-order valence-electron chi connectivity index (χ3n) is 10.2. The van der Waals surface area contributed by atoms with Crippen molar-refractivity contribution in [1.29, 1.82) is 0 Å². The summed E-state index contributed by atoms with van der Waals surface area (Å²) in [4.78, 5) is 2.64. The number of halogens is 1. The zero-order valence-electron chi connectivity index (χ0n) is 27.0. The molecular weight excluding hydrogens is 489 g/mol. The van der Waals surface area contributed by atoms with E-state index in [1.807, 2.05) is 12.2 Å². The first-order valence-electron chi connectivity index (χ1n) is 15.8. The van der Waals surface area contributed by atoms with E-state index < -0.39 is 0 Å². The maximum absolute atomic E-state index is 13.5. The highest BCUT2D eigenvalue weighted by Crippen LogP contribution is 2.61. The van der Waals surface area contributed by atoms with E-state index in [-0.39, 0.29) is 11.2 Å². The summed E-state index contributed by atoms with van der Waals surface area (Å²) in [6.07, 6.45) is 17.0. The highest BCUT2D eigenvalue weighted by atomic mass is 19.1. The molecule has 0 saturated carbocycles. The Morgan fingerprint density at radius 1 is 1.07 bits per heavy atom. The van der Waals surface area contributed by atoms with Crippen molar-refractivity contribution in [3.8, 4) is 0 Å².